The number of carbonyl (C=O) groups is 1. The maximum atomic E-state index is 10.7. The lowest BCUT2D eigenvalue weighted by molar-refractivity contribution is -0.131. The molecule has 108 valence electrons. The third-order valence-electron chi connectivity index (χ3n) is 2.71. The van der Waals surface area contributed by atoms with E-state index in [1.165, 1.54) is 6.08 Å². The number of hydrogen-bond acceptors (Lipinski definition) is 2. The molecule has 0 saturated carbocycles. The van der Waals surface area contributed by atoms with Gasteiger partial charge in [0.15, 0.2) is 0 Å². The number of hydrogen-bond donors (Lipinski definition) is 1. The van der Waals surface area contributed by atoms with Crippen molar-refractivity contribution in [2.45, 2.75) is 6.92 Å². The lowest BCUT2D eigenvalue weighted by atomic mass is 10.1. The van der Waals surface area contributed by atoms with E-state index in [1.807, 2.05) is 19.1 Å². The minimum atomic E-state index is -1.02. The number of rotatable bonds is 4. The molecule has 0 saturated heterocycles. The highest BCUT2D eigenvalue weighted by atomic mass is 35.5. The molecule has 0 amide bonds. The SMILES string of the molecule is Cc1ccc(Oc2cccc(Cl)c2Cl)c(/C=C/C(=O)O)c1. The van der Waals surface area contributed by atoms with E-state index in [1.54, 1.807) is 24.3 Å². The van der Waals surface area contributed by atoms with Gasteiger partial charge in [0.25, 0.3) is 0 Å². The lowest BCUT2D eigenvalue weighted by Gasteiger charge is -2.11. The van der Waals surface area contributed by atoms with Crippen molar-refractivity contribution in [1.82, 2.24) is 0 Å². The van der Waals surface area contributed by atoms with E-state index in [0.29, 0.717) is 27.1 Å². The summed E-state index contributed by atoms with van der Waals surface area (Å²) in [5.74, 6) is -0.108. The minimum Gasteiger partial charge on any atom is -0.478 e. The normalized spacial score (nSPS) is 10.8. The Bertz CT molecular complexity index is 709. The summed E-state index contributed by atoms with van der Waals surface area (Å²) in [4.78, 5) is 10.7. The molecule has 21 heavy (non-hydrogen) atoms. The van der Waals surface area contributed by atoms with E-state index in [9.17, 15) is 4.79 Å². The van der Waals surface area contributed by atoms with Crippen LogP contribution in [-0.4, -0.2) is 11.1 Å². The average Bonchev–Trinajstić information content (AvgIpc) is 2.43. The van der Waals surface area contributed by atoms with Gasteiger partial charge in [-0.05, 0) is 37.3 Å². The zero-order valence-corrected chi connectivity index (χ0v) is 12.7. The molecule has 0 radical (unpaired) electrons. The van der Waals surface area contributed by atoms with Crippen molar-refractivity contribution in [2.75, 3.05) is 0 Å². The van der Waals surface area contributed by atoms with Crippen LogP contribution in [0, 0.1) is 6.92 Å². The van der Waals surface area contributed by atoms with Crippen LogP contribution in [0.5, 0.6) is 11.5 Å². The molecule has 0 bridgehead atoms. The number of carboxylic acids is 1. The van der Waals surface area contributed by atoms with Crippen molar-refractivity contribution < 1.29 is 14.6 Å². The summed E-state index contributed by atoms with van der Waals surface area (Å²) in [6.45, 7) is 1.91. The number of aryl methyl sites for hydroxylation is 1. The van der Waals surface area contributed by atoms with Gasteiger partial charge in [-0.25, -0.2) is 4.79 Å². The van der Waals surface area contributed by atoms with Gasteiger partial charge in [-0.15, -0.1) is 0 Å². The van der Waals surface area contributed by atoms with Crippen molar-refractivity contribution >= 4 is 35.2 Å². The summed E-state index contributed by atoms with van der Waals surface area (Å²) >= 11 is 12.0. The quantitative estimate of drug-likeness (QED) is 0.787. The standard InChI is InChI=1S/C16H12Cl2O3/c1-10-5-7-13(11(9-10)6-8-15(19)20)21-14-4-2-3-12(17)16(14)18/h2-9H,1H3,(H,19,20)/b8-6+. The zero-order chi connectivity index (χ0) is 15.4. The van der Waals surface area contributed by atoms with Crippen LogP contribution in [0.4, 0.5) is 0 Å². The van der Waals surface area contributed by atoms with Crippen LogP contribution >= 0.6 is 23.2 Å². The first-order valence-electron chi connectivity index (χ1n) is 6.11. The van der Waals surface area contributed by atoms with Crippen LogP contribution in [0.1, 0.15) is 11.1 Å². The van der Waals surface area contributed by atoms with Gasteiger partial charge >= 0.3 is 5.97 Å². The van der Waals surface area contributed by atoms with Crippen molar-refractivity contribution in [3.05, 3.63) is 63.6 Å². The van der Waals surface area contributed by atoms with E-state index in [-0.39, 0.29) is 0 Å². The smallest absolute Gasteiger partial charge is 0.328 e. The summed E-state index contributed by atoms with van der Waals surface area (Å²) in [6, 6.07) is 10.5. The molecule has 2 rings (SSSR count). The van der Waals surface area contributed by atoms with Gasteiger partial charge in [-0.3, -0.25) is 0 Å². The summed E-state index contributed by atoms with van der Waals surface area (Å²) in [6.07, 6.45) is 2.53. The molecule has 0 atom stereocenters. The van der Waals surface area contributed by atoms with E-state index in [2.05, 4.69) is 0 Å². The van der Waals surface area contributed by atoms with Crippen LogP contribution in [0.25, 0.3) is 6.08 Å². The van der Waals surface area contributed by atoms with Gasteiger partial charge in [0.1, 0.15) is 16.5 Å². The van der Waals surface area contributed by atoms with Crippen molar-refractivity contribution in [3.63, 3.8) is 0 Å². The van der Waals surface area contributed by atoms with Gasteiger partial charge in [0, 0.05) is 11.6 Å². The molecule has 0 heterocycles. The summed E-state index contributed by atoms with van der Waals surface area (Å²) in [5, 5.41) is 9.44. The number of halogens is 2. The summed E-state index contributed by atoms with van der Waals surface area (Å²) in [7, 11) is 0. The fraction of sp³-hybridized carbons (Fsp3) is 0.0625. The molecule has 0 spiro atoms. The van der Waals surface area contributed by atoms with Crippen LogP contribution in [0.2, 0.25) is 10.0 Å². The van der Waals surface area contributed by atoms with E-state index >= 15 is 0 Å². The molecule has 0 aromatic heterocycles. The molecule has 0 aliphatic carbocycles. The first-order valence-corrected chi connectivity index (χ1v) is 6.86. The van der Waals surface area contributed by atoms with E-state index < -0.39 is 5.97 Å². The lowest BCUT2D eigenvalue weighted by Crippen LogP contribution is -1.91. The second-order valence-corrected chi connectivity index (χ2v) is 5.15. The van der Waals surface area contributed by atoms with Crippen LogP contribution in [0.15, 0.2) is 42.5 Å². The number of ether oxygens (including phenoxy) is 1. The van der Waals surface area contributed by atoms with Gasteiger partial charge in [0.2, 0.25) is 0 Å². The molecule has 5 heteroatoms. The Morgan fingerprint density at radius 2 is 1.95 bits per heavy atom. The van der Waals surface area contributed by atoms with Crippen molar-refractivity contribution in [2.24, 2.45) is 0 Å². The molecule has 1 N–H and O–H groups in total. The second kappa shape index (κ2) is 6.66. The minimum absolute atomic E-state index is 0.313. The molecule has 0 aliphatic rings. The first-order chi connectivity index (χ1) is 9.97. The van der Waals surface area contributed by atoms with Gasteiger partial charge in [-0.1, -0.05) is 40.9 Å². The van der Waals surface area contributed by atoms with E-state index in [4.69, 9.17) is 33.0 Å². The molecule has 3 nitrogen and oxygen atoms in total. The Balaban J connectivity index is 2.39. The molecule has 0 fully saturated rings. The predicted molar refractivity (Wildman–Crippen MR) is 84.4 cm³/mol. The monoisotopic (exact) mass is 322 g/mol. The third-order valence-corrected chi connectivity index (χ3v) is 3.51. The molecular weight excluding hydrogens is 311 g/mol. The predicted octanol–water partition coefficient (Wildman–Crippen LogP) is 5.19. The Morgan fingerprint density at radius 1 is 1.19 bits per heavy atom. The highest BCUT2D eigenvalue weighted by Gasteiger charge is 2.09. The largest absolute Gasteiger partial charge is 0.478 e. The highest BCUT2D eigenvalue weighted by molar-refractivity contribution is 6.42. The Hall–Kier alpha value is -1.97. The Morgan fingerprint density at radius 3 is 2.67 bits per heavy atom. The van der Waals surface area contributed by atoms with Crippen molar-refractivity contribution in [1.29, 1.82) is 0 Å². The first kappa shape index (κ1) is 15.4. The molecule has 2 aromatic carbocycles. The van der Waals surface area contributed by atoms with Gasteiger partial charge in [-0.2, -0.15) is 0 Å². The van der Waals surface area contributed by atoms with Gasteiger partial charge in [0.05, 0.1) is 5.02 Å². The molecule has 0 unspecified atom stereocenters. The summed E-state index contributed by atoms with van der Waals surface area (Å²) < 4.78 is 5.75. The van der Waals surface area contributed by atoms with Gasteiger partial charge < -0.3 is 9.84 Å². The van der Waals surface area contributed by atoms with E-state index in [0.717, 1.165) is 11.6 Å². The number of benzene rings is 2. The maximum absolute atomic E-state index is 10.7. The average molecular weight is 323 g/mol. The van der Waals surface area contributed by atoms with Crippen LogP contribution < -0.4 is 4.74 Å². The zero-order valence-electron chi connectivity index (χ0n) is 11.1. The topological polar surface area (TPSA) is 46.5 Å². The second-order valence-electron chi connectivity index (χ2n) is 4.37. The molecule has 0 aliphatic heterocycles. The van der Waals surface area contributed by atoms with Crippen LogP contribution in [0.3, 0.4) is 0 Å². The third kappa shape index (κ3) is 4.00. The Kier molecular flexibility index (Phi) is 4.89. The molecule has 2 aromatic rings. The summed E-state index contributed by atoms with van der Waals surface area (Å²) in [5.41, 5.74) is 1.64. The molecular formula is C16H12Cl2O3. The maximum Gasteiger partial charge on any atom is 0.328 e. The number of aliphatic carboxylic acids is 1. The number of carboxylic acid groups (broad SMARTS) is 1. The highest BCUT2D eigenvalue weighted by Crippen LogP contribution is 2.36. The fourth-order valence-electron chi connectivity index (χ4n) is 1.73. The van der Waals surface area contributed by atoms with Crippen molar-refractivity contribution in [3.8, 4) is 11.5 Å². The van der Waals surface area contributed by atoms with Crippen LogP contribution in [-0.2, 0) is 4.79 Å². The fourth-order valence-corrected chi connectivity index (χ4v) is 2.06. The Labute approximate surface area is 132 Å².